The molecule has 0 aromatic carbocycles. The third kappa shape index (κ3) is 5.29. The van der Waals surface area contributed by atoms with Crippen LogP contribution in [0.5, 0.6) is 0 Å². The second-order valence-corrected chi connectivity index (χ2v) is 7.06. The number of amides is 2. The maximum Gasteiger partial charge on any atom is 0.278 e. The molecule has 0 radical (unpaired) electrons. The van der Waals surface area contributed by atoms with Crippen LogP contribution in [0.1, 0.15) is 33.3 Å². The van der Waals surface area contributed by atoms with E-state index in [4.69, 9.17) is 0 Å². The highest BCUT2D eigenvalue weighted by Gasteiger charge is 2.35. The number of quaternary nitrogens is 1. The predicted octanol–water partition coefficient (Wildman–Crippen LogP) is 2.55. The molecule has 1 aliphatic heterocycles. The van der Waals surface area contributed by atoms with Gasteiger partial charge in [-0.25, -0.2) is 0 Å². The van der Waals surface area contributed by atoms with Gasteiger partial charge in [0.05, 0.1) is 6.20 Å². The van der Waals surface area contributed by atoms with Gasteiger partial charge in [0.15, 0.2) is 13.1 Å². The molecule has 2 rings (SSSR count). The Morgan fingerprint density at radius 3 is 1.82 bits per heavy atom. The minimum Gasteiger partial charge on any atom is -0.338 e. The van der Waals surface area contributed by atoms with Gasteiger partial charge in [-0.3, -0.25) is 19.1 Å². The van der Waals surface area contributed by atoms with Crippen molar-refractivity contribution in [1.82, 2.24) is 14.8 Å². The number of carbonyl (C=O) groups excluding carboxylic acids is 2. The van der Waals surface area contributed by atoms with Crippen LogP contribution in [0.2, 0.25) is 0 Å². The summed E-state index contributed by atoms with van der Waals surface area (Å²) in [5.41, 5.74) is 2.19. The molecule has 0 saturated carbocycles. The van der Waals surface area contributed by atoms with Gasteiger partial charge in [-0.2, -0.15) is 0 Å². The summed E-state index contributed by atoms with van der Waals surface area (Å²) in [6.07, 6.45) is 9.73. The highest BCUT2D eigenvalue weighted by Crippen LogP contribution is 2.24. The van der Waals surface area contributed by atoms with Crippen molar-refractivity contribution in [3.63, 3.8) is 0 Å². The molecule has 6 heteroatoms. The van der Waals surface area contributed by atoms with E-state index >= 15 is 0 Å². The van der Waals surface area contributed by atoms with E-state index in [1.54, 1.807) is 12.4 Å². The van der Waals surface area contributed by atoms with Gasteiger partial charge >= 0.3 is 0 Å². The zero-order valence-corrected chi connectivity index (χ0v) is 17.6. The maximum atomic E-state index is 12.8. The molecule has 0 saturated heterocycles. The van der Waals surface area contributed by atoms with Gasteiger partial charge in [0.1, 0.15) is 6.54 Å². The number of rotatable bonds is 9. The van der Waals surface area contributed by atoms with Crippen LogP contribution in [0.4, 0.5) is 0 Å². The van der Waals surface area contributed by atoms with Gasteiger partial charge in [-0.15, -0.1) is 0 Å². The van der Waals surface area contributed by atoms with E-state index in [0.29, 0.717) is 50.3 Å². The lowest BCUT2D eigenvalue weighted by atomic mass is 10.0. The summed E-state index contributed by atoms with van der Waals surface area (Å²) < 4.78 is 0.333. The van der Waals surface area contributed by atoms with Crippen molar-refractivity contribution >= 4 is 17.4 Å². The van der Waals surface area contributed by atoms with E-state index < -0.39 is 0 Å². The first-order chi connectivity index (χ1) is 13.5. The van der Waals surface area contributed by atoms with E-state index in [-0.39, 0.29) is 11.8 Å². The topological polar surface area (TPSA) is 53.5 Å². The van der Waals surface area contributed by atoms with Crippen LogP contribution in [-0.2, 0) is 9.59 Å². The molecule has 1 aliphatic rings. The van der Waals surface area contributed by atoms with Gasteiger partial charge in [0, 0.05) is 38.6 Å². The Kier molecular flexibility index (Phi) is 7.93. The quantitative estimate of drug-likeness (QED) is 0.614. The van der Waals surface area contributed by atoms with Crippen LogP contribution in [-0.4, -0.2) is 76.9 Å². The molecular formula is C22H33N4O2+. The van der Waals surface area contributed by atoms with Crippen LogP contribution < -0.4 is 0 Å². The molecule has 0 bridgehead atoms. The zero-order valence-electron chi connectivity index (χ0n) is 17.6. The number of nitrogens with zero attached hydrogens (tertiary/aromatic N) is 4. The Balaban J connectivity index is 2.25. The van der Waals surface area contributed by atoms with Crippen LogP contribution in [0.3, 0.4) is 0 Å². The van der Waals surface area contributed by atoms with Crippen LogP contribution in [0.25, 0.3) is 5.57 Å². The lowest BCUT2D eigenvalue weighted by Crippen LogP contribution is -2.55. The molecule has 1 aromatic heterocycles. The lowest BCUT2D eigenvalue weighted by Gasteiger charge is -2.37. The standard InChI is InChI=1S/C22H33N4O2/c1-5-24(6-2)21(27)17-26(18-22(28)25(7-3)8-4)15-11-20(12-16-26)19-9-13-23-14-10-19/h9-15H,5-8,16-18H2,1-4H3/q+1. The Hall–Kier alpha value is -2.47. The fraction of sp³-hybridized carbons (Fsp3) is 0.500. The average molecular weight is 386 g/mol. The van der Waals surface area contributed by atoms with Crippen molar-refractivity contribution in [3.05, 3.63) is 48.4 Å². The second-order valence-electron chi connectivity index (χ2n) is 7.06. The summed E-state index contributed by atoms with van der Waals surface area (Å²) in [7, 11) is 0. The van der Waals surface area contributed by atoms with Crippen molar-refractivity contribution in [3.8, 4) is 0 Å². The second kappa shape index (κ2) is 10.2. The number of carbonyl (C=O) groups is 2. The first-order valence-corrected chi connectivity index (χ1v) is 10.2. The van der Waals surface area contributed by atoms with E-state index in [9.17, 15) is 9.59 Å². The molecule has 2 amide bonds. The van der Waals surface area contributed by atoms with Crippen molar-refractivity contribution < 1.29 is 14.1 Å². The van der Waals surface area contributed by atoms with Gasteiger partial charge in [0.2, 0.25) is 0 Å². The molecular weight excluding hydrogens is 352 g/mol. The lowest BCUT2D eigenvalue weighted by molar-refractivity contribution is -0.858. The average Bonchev–Trinajstić information content (AvgIpc) is 2.71. The van der Waals surface area contributed by atoms with Gasteiger partial charge in [-0.1, -0.05) is 0 Å². The Morgan fingerprint density at radius 2 is 1.43 bits per heavy atom. The number of pyridine rings is 1. The zero-order chi connectivity index (χ0) is 20.6. The first-order valence-electron chi connectivity index (χ1n) is 10.2. The number of likely N-dealkylation sites (N-methyl/N-ethyl adjacent to an activating group) is 2. The molecule has 0 N–H and O–H groups in total. The van der Waals surface area contributed by atoms with Crippen molar-refractivity contribution in [2.45, 2.75) is 27.7 Å². The summed E-state index contributed by atoms with van der Waals surface area (Å²) in [4.78, 5) is 33.4. The fourth-order valence-corrected chi connectivity index (χ4v) is 3.59. The van der Waals surface area contributed by atoms with Crippen LogP contribution in [0, 0.1) is 0 Å². The van der Waals surface area contributed by atoms with Gasteiger partial charge in [0.25, 0.3) is 11.8 Å². The van der Waals surface area contributed by atoms with Gasteiger partial charge < -0.3 is 9.80 Å². The molecule has 6 nitrogen and oxygen atoms in total. The summed E-state index contributed by atoms with van der Waals surface area (Å²) in [6.45, 7) is 11.9. The first kappa shape index (κ1) is 21.8. The maximum absolute atomic E-state index is 12.8. The third-order valence-corrected chi connectivity index (χ3v) is 5.39. The monoisotopic (exact) mass is 385 g/mol. The highest BCUT2D eigenvalue weighted by molar-refractivity contribution is 5.80. The fourth-order valence-electron chi connectivity index (χ4n) is 3.59. The molecule has 0 atom stereocenters. The number of aromatic nitrogens is 1. The van der Waals surface area contributed by atoms with E-state index in [1.165, 1.54) is 0 Å². The van der Waals surface area contributed by atoms with Crippen molar-refractivity contribution in [2.24, 2.45) is 0 Å². The molecule has 152 valence electrons. The Morgan fingerprint density at radius 1 is 0.929 bits per heavy atom. The number of allylic oxidation sites excluding steroid dienone is 2. The molecule has 0 spiro atoms. The molecule has 28 heavy (non-hydrogen) atoms. The van der Waals surface area contributed by atoms with Crippen molar-refractivity contribution in [2.75, 3.05) is 45.8 Å². The van der Waals surface area contributed by atoms with E-state index in [1.807, 2.05) is 61.9 Å². The van der Waals surface area contributed by atoms with Gasteiger partial charge in [-0.05, 0) is 63.1 Å². The van der Waals surface area contributed by atoms with Crippen molar-refractivity contribution in [1.29, 1.82) is 0 Å². The third-order valence-electron chi connectivity index (χ3n) is 5.39. The summed E-state index contributed by atoms with van der Waals surface area (Å²) >= 11 is 0. The molecule has 0 fully saturated rings. The largest absolute Gasteiger partial charge is 0.338 e. The Bertz CT molecular complexity index is 693. The Labute approximate surface area is 168 Å². The van der Waals surface area contributed by atoms with Crippen LogP contribution in [0.15, 0.2) is 42.9 Å². The molecule has 0 unspecified atom stereocenters. The summed E-state index contributed by atoms with van der Waals surface area (Å²) in [5.74, 6) is 0.172. The minimum absolute atomic E-state index is 0.0859. The summed E-state index contributed by atoms with van der Waals surface area (Å²) in [5, 5.41) is 0. The minimum atomic E-state index is 0.0859. The SMILES string of the molecule is CCN(CC)C(=O)C[N+]1(CC(=O)N(CC)CC)C=CC(c2ccncc2)=CC1. The molecule has 0 aliphatic carbocycles. The van der Waals surface area contributed by atoms with E-state index in [0.717, 1.165) is 11.1 Å². The predicted molar refractivity (Wildman–Crippen MR) is 112 cm³/mol. The molecule has 2 heterocycles. The molecule has 1 aromatic rings. The summed E-state index contributed by atoms with van der Waals surface area (Å²) in [6, 6.07) is 3.94. The number of hydrogen-bond acceptors (Lipinski definition) is 3. The number of hydrogen-bond donors (Lipinski definition) is 0. The highest BCUT2D eigenvalue weighted by atomic mass is 16.2. The van der Waals surface area contributed by atoms with E-state index in [2.05, 4.69) is 11.1 Å². The van der Waals surface area contributed by atoms with Crippen LogP contribution >= 0.6 is 0 Å². The normalized spacial score (nSPS) is 15.1. The smallest absolute Gasteiger partial charge is 0.278 e.